The van der Waals surface area contributed by atoms with Crippen LogP contribution in [0.4, 0.5) is 0 Å². The highest BCUT2D eigenvalue weighted by Crippen LogP contribution is 2.19. The van der Waals surface area contributed by atoms with E-state index in [-0.39, 0.29) is 23.8 Å². The van der Waals surface area contributed by atoms with E-state index in [1.807, 2.05) is 32.9 Å². The molecule has 0 amide bonds. The van der Waals surface area contributed by atoms with Crippen LogP contribution < -0.4 is 0 Å². The fourth-order valence-corrected chi connectivity index (χ4v) is 3.65. The van der Waals surface area contributed by atoms with Crippen molar-refractivity contribution in [2.24, 2.45) is 10.3 Å². The second-order valence-electron chi connectivity index (χ2n) is 4.66. The van der Waals surface area contributed by atoms with Crippen LogP contribution in [-0.2, 0) is 9.73 Å². The summed E-state index contributed by atoms with van der Waals surface area (Å²) in [5, 5.41) is 9.23. The molecule has 0 aliphatic rings. The lowest BCUT2D eigenvalue weighted by molar-refractivity contribution is 0.241. The number of aryl methyl sites for hydroxylation is 1. The highest BCUT2D eigenvalue weighted by atomic mass is 35.5. The summed E-state index contributed by atoms with van der Waals surface area (Å²) in [6.07, 6.45) is 0. The highest BCUT2D eigenvalue weighted by molar-refractivity contribution is 7.94. The lowest BCUT2D eigenvalue weighted by Gasteiger charge is -2.16. The van der Waals surface area contributed by atoms with E-state index < -0.39 is 9.73 Å². The molecule has 1 unspecified atom stereocenters. The Hall–Kier alpha value is -0.580. The van der Waals surface area contributed by atoms with E-state index in [9.17, 15) is 9.32 Å². The Bertz CT molecular complexity index is 490. The first-order valence-corrected chi connectivity index (χ1v) is 8.12. The molecule has 102 valence electrons. The van der Waals surface area contributed by atoms with Crippen LogP contribution in [-0.4, -0.2) is 27.2 Å². The first kappa shape index (κ1) is 15.5. The van der Waals surface area contributed by atoms with Gasteiger partial charge < -0.3 is 5.11 Å². The molecular weight excluding hydrogens is 270 g/mol. The Balaban J connectivity index is 3.24. The molecule has 0 bridgehead atoms. The maximum atomic E-state index is 12.7. The zero-order valence-corrected chi connectivity index (χ0v) is 12.5. The van der Waals surface area contributed by atoms with Crippen LogP contribution in [0.3, 0.4) is 0 Å². The number of benzene rings is 1. The van der Waals surface area contributed by atoms with Gasteiger partial charge in [0.05, 0.1) is 22.4 Å². The first-order valence-electron chi connectivity index (χ1n) is 5.90. The number of alkyl halides is 1. The molecule has 0 fully saturated rings. The van der Waals surface area contributed by atoms with Crippen molar-refractivity contribution in [2.45, 2.75) is 31.7 Å². The van der Waals surface area contributed by atoms with Crippen molar-refractivity contribution >= 4 is 21.3 Å². The molecule has 0 spiro atoms. The molecule has 0 aliphatic carbocycles. The van der Waals surface area contributed by atoms with Gasteiger partial charge in [0.1, 0.15) is 5.21 Å². The zero-order chi connectivity index (χ0) is 13.8. The fraction of sp³-hybridized carbons (Fsp3) is 0.538. The predicted octanol–water partition coefficient (Wildman–Crippen LogP) is 3.04. The van der Waals surface area contributed by atoms with Crippen LogP contribution in [0.25, 0.3) is 0 Å². The number of hydrogen-bond donors (Lipinski definition) is 1. The van der Waals surface area contributed by atoms with Gasteiger partial charge in [0.2, 0.25) is 0 Å². The largest absolute Gasteiger partial charge is 0.394 e. The van der Waals surface area contributed by atoms with Crippen molar-refractivity contribution in [3.05, 3.63) is 29.8 Å². The van der Waals surface area contributed by atoms with Crippen molar-refractivity contribution in [2.75, 3.05) is 11.8 Å². The summed E-state index contributed by atoms with van der Waals surface area (Å²) in [5.41, 5.74) is 1.10. The molecule has 0 heterocycles. The minimum atomic E-state index is -2.65. The summed E-state index contributed by atoms with van der Waals surface area (Å²) in [6.45, 7) is 5.73. The van der Waals surface area contributed by atoms with Crippen LogP contribution >= 0.6 is 11.6 Å². The summed E-state index contributed by atoms with van der Waals surface area (Å²) in [7, 11) is -2.65. The normalized spacial score (nSPS) is 16.3. The summed E-state index contributed by atoms with van der Waals surface area (Å²) >= 11 is 5.84. The van der Waals surface area contributed by atoms with E-state index in [2.05, 4.69) is 4.36 Å². The molecule has 1 aromatic carbocycles. The summed E-state index contributed by atoms with van der Waals surface area (Å²) in [5.74, 6) is 0.129. The maximum Gasteiger partial charge on any atom is 0.111 e. The SMILES string of the molecule is Cc1ccc(S(=O)(CCl)=N[C@H](CO)C(C)C)cc1. The van der Waals surface area contributed by atoms with Gasteiger partial charge in [-0.3, -0.25) is 0 Å². The van der Waals surface area contributed by atoms with E-state index in [4.69, 9.17) is 11.6 Å². The molecule has 0 saturated carbocycles. The Morgan fingerprint density at radius 1 is 1.33 bits per heavy atom. The smallest absolute Gasteiger partial charge is 0.111 e. The number of rotatable bonds is 5. The van der Waals surface area contributed by atoms with Crippen LogP contribution in [0.2, 0.25) is 0 Å². The topological polar surface area (TPSA) is 49.7 Å². The number of nitrogens with zero attached hydrogens (tertiary/aromatic N) is 1. The molecule has 0 radical (unpaired) electrons. The van der Waals surface area contributed by atoms with Gasteiger partial charge >= 0.3 is 0 Å². The molecule has 0 aromatic heterocycles. The van der Waals surface area contributed by atoms with Crippen molar-refractivity contribution in [1.29, 1.82) is 0 Å². The molecule has 2 atom stereocenters. The van der Waals surface area contributed by atoms with Crippen molar-refractivity contribution in [1.82, 2.24) is 0 Å². The minimum Gasteiger partial charge on any atom is -0.394 e. The van der Waals surface area contributed by atoms with Gasteiger partial charge in [0.25, 0.3) is 0 Å². The first-order chi connectivity index (χ1) is 8.42. The summed E-state index contributed by atoms with van der Waals surface area (Å²) in [6, 6.07) is 7.01. The molecule has 1 aromatic rings. The Morgan fingerprint density at radius 3 is 2.28 bits per heavy atom. The summed E-state index contributed by atoms with van der Waals surface area (Å²) < 4.78 is 17.0. The van der Waals surface area contributed by atoms with Gasteiger partial charge in [0.15, 0.2) is 0 Å². The Morgan fingerprint density at radius 2 is 1.89 bits per heavy atom. The van der Waals surface area contributed by atoms with Crippen molar-refractivity contribution in [3.8, 4) is 0 Å². The molecule has 3 nitrogen and oxygen atoms in total. The van der Waals surface area contributed by atoms with E-state index in [0.717, 1.165) is 5.56 Å². The van der Waals surface area contributed by atoms with Crippen LogP contribution in [0.1, 0.15) is 19.4 Å². The second kappa shape index (κ2) is 6.55. The van der Waals surface area contributed by atoms with E-state index >= 15 is 0 Å². The predicted molar refractivity (Wildman–Crippen MR) is 76.4 cm³/mol. The van der Waals surface area contributed by atoms with Gasteiger partial charge in [-0.2, -0.15) is 0 Å². The standard InChI is InChI=1S/C13H20ClNO2S/c1-10(2)13(8-16)15-18(17,9-14)12-6-4-11(3)5-7-12/h4-7,10,13,16H,8-9H2,1-3H3/t13-,18?/m1/s1. The molecule has 1 N–H and O–H groups in total. The highest BCUT2D eigenvalue weighted by Gasteiger charge is 2.17. The van der Waals surface area contributed by atoms with Gasteiger partial charge in [0, 0.05) is 4.90 Å². The molecule has 0 saturated heterocycles. The van der Waals surface area contributed by atoms with Gasteiger partial charge in [-0.25, -0.2) is 8.57 Å². The second-order valence-corrected chi connectivity index (χ2v) is 7.50. The Kier molecular flexibility index (Phi) is 5.63. The van der Waals surface area contributed by atoms with E-state index in [0.29, 0.717) is 4.90 Å². The molecule has 18 heavy (non-hydrogen) atoms. The van der Waals surface area contributed by atoms with E-state index in [1.54, 1.807) is 12.1 Å². The number of halogens is 1. The summed E-state index contributed by atoms with van der Waals surface area (Å²) in [4.78, 5) is 0.627. The van der Waals surface area contributed by atoms with Gasteiger partial charge in [-0.05, 0) is 25.0 Å². The van der Waals surface area contributed by atoms with Crippen molar-refractivity contribution < 1.29 is 9.32 Å². The minimum absolute atomic E-state index is 0.0563. The number of aliphatic hydroxyl groups excluding tert-OH is 1. The lowest BCUT2D eigenvalue weighted by atomic mass is 10.1. The van der Waals surface area contributed by atoms with E-state index in [1.165, 1.54) is 0 Å². The zero-order valence-electron chi connectivity index (χ0n) is 11.0. The number of aliphatic hydroxyl groups is 1. The molecule has 0 aliphatic heterocycles. The molecule has 5 heteroatoms. The van der Waals surface area contributed by atoms with Crippen LogP contribution in [0.15, 0.2) is 33.5 Å². The average Bonchev–Trinajstić information content (AvgIpc) is 2.36. The maximum absolute atomic E-state index is 12.7. The third-order valence-electron chi connectivity index (χ3n) is 2.80. The fourth-order valence-electron chi connectivity index (χ4n) is 1.49. The van der Waals surface area contributed by atoms with Gasteiger partial charge in [-0.1, -0.05) is 31.5 Å². The molecular formula is C13H20ClNO2S. The Labute approximate surface area is 114 Å². The third-order valence-corrected chi connectivity index (χ3v) is 5.60. The third kappa shape index (κ3) is 3.70. The van der Waals surface area contributed by atoms with Gasteiger partial charge in [-0.15, -0.1) is 11.6 Å². The monoisotopic (exact) mass is 289 g/mol. The van der Waals surface area contributed by atoms with Crippen LogP contribution in [0, 0.1) is 12.8 Å². The number of hydrogen-bond acceptors (Lipinski definition) is 3. The average molecular weight is 290 g/mol. The molecule has 1 rings (SSSR count). The quantitative estimate of drug-likeness (QED) is 0.847. The van der Waals surface area contributed by atoms with Crippen molar-refractivity contribution in [3.63, 3.8) is 0 Å². The van der Waals surface area contributed by atoms with Crippen LogP contribution in [0.5, 0.6) is 0 Å². The lowest BCUT2D eigenvalue weighted by Crippen LogP contribution is -2.20.